The van der Waals surface area contributed by atoms with Crippen LogP contribution in [0.15, 0.2) is 81.1 Å². The zero-order valence-corrected chi connectivity index (χ0v) is 16.7. The van der Waals surface area contributed by atoms with Gasteiger partial charge in [-0.3, -0.25) is 9.59 Å². The third kappa shape index (κ3) is 6.32. The summed E-state index contributed by atoms with van der Waals surface area (Å²) in [6.45, 7) is -0.0858. The Labute approximate surface area is 177 Å². The Bertz CT molecular complexity index is 1190. The van der Waals surface area contributed by atoms with E-state index in [0.717, 1.165) is 18.3 Å². The first-order valence-electron chi connectivity index (χ1n) is 8.87. The van der Waals surface area contributed by atoms with E-state index in [1.54, 1.807) is 18.2 Å². The Kier molecular flexibility index (Phi) is 6.90. The van der Waals surface area contributed by atoms with Crippen molar-refractivity contribution in [3.05, 3.63) is 84.1 Å². The normalized spacial score (nSPS) is 11.4. The maximum Gasteiger partial charge on any atom is 0.329 e. The Morgan fingerprint density at radius 3 is 2.39 bits per heavy atom. The number of amides is 2. The minimum Gasteiger partial charge on any atom is -0.459 e. The molecule has 0 saturated carbocycles. The van der Waals surface area contributed by atoms with Crippen LogP contribution >= 0.6 is 0 Å². The maximum atomic E-state index is 12.8. The molecule has 1 aromatic heterocycles. The predicted octanol–water partition coefficient (Wildman–Crippen LogP) is 1.99. The van der Waals surface area contributed by atoms with E-state index in [0.29, 0.717) is 5.76 Å². The molecule has 3 rings (SSSR count). The van der Waals surface area contributed by atoms with Gasteiger partial charge < -0.3 is 9.73 Å². The highest BCUT2D eigenvalue weighted by Crippen LogP contribution is 2.11. The number of rotatable bonds is 7. The van der Waals surface area contributed by atoms with Crippen molar-refractivity contribution in [1.29, 1.82) is 0 Å². The van der Waals surface area contributed by atoms with E-state index >= 15 is 0 Å². The number of furan rings is 1. The lowest BCUT2D eigenvalue weighted by Gasteiger charge is -2.04. The fourth-order valence-electron chi connectivity index (χ4n) is 2.33. The van der Waals surface area contributed by atoms with Crippen LogP contribution in [0, 0.1) is 5.82 Å². The van der Waals surface area contributed by atoms with Gasteiger partial charge in [0, 0.05) is 5.69 Å². The average molecular weight is 444 g/mol. The van der Waals surface area contributed by atoms with Gasteiger partial charge in [-0.05, 0) is 48.5 Å². The molecule has 0 atom stereocenters. The van der Waals surface area contributed by atoms with Crippen molar-refractivity contribution >= 4 is 33.7 Å². The van der Waals surface area contributed by atoms with Crippen molar-refractivity contribution in [3.8, 4) is 0 Å². The lowest BCUT2D eigenvalue weighted by Crippen LogP contribution is -2.32. The molecule has 160 valence electrons. The van der Waals surface area contributed by atoms with E-state index in [2.05, 4.69) is 15.1 Å². The summed E-state index contributed by atoms with van der Waals surface area (Å²) in [7, 11) is -3.68. The highest BCUT2D eigenvalue weighted by Gasteiger charge is 2.14. The summed E-state index contributed by atoms with van der Waals surface area (Å²) in [4.78, 5) is 23.6. The molecule has 0 bridgehead atoms. The monoisotopic (exact) mass is 444 g/mol. The number of nitrogens with one attached hydrogen (secondary N) is 3. The van der Waals surface area contributed by atoms with Gasteiger partial charge in [0.2, 0.25) is 10.0 Å². The first-order chi connectivity index (χ1) is 14.8. The zero-order valence-electron chi connectivity index (χ0n) is 15.9. The minimum atomic E-state index is -3.68. The van der Waals surface area contributed by atoms with Crippen LogP contribution in [0.5, 0.6) is 0 Å². The fraction of sp³-hybridized carbons (Fsp3) is 0.0500. The van der Waals surface area contributed by atoms with Gasteiger partial charge in [-0.25, -0.2) is 23.0 Å². The summed E-state index contributed by atoms with van der Waals surface area (Å²) in [5.41, 5.74) is 2.27. The second kappa shape index (κ2) is 9.78. The number of carbonyl (C=O) groups is 2. The van der Waals surface area contributed by atoms with Gasteiger partial charge in [0.15, 0.2) is 0 Å². The molecule has 0 aliphatic heterocycles. The summed E-state index contributed by atoms with van der Waals surface area (Å²) in [6, 6.07) is 15.8. The standard InChI is InChI=1S/C20H17FN4O5S/c21-14-6-8-15(9-7-14)24-19(26)20(27)25-22-12-16-10-11-17(30-16)13-23-31(28,29)18-4-2-1-3-5-18/h1-12,23H,13H2,(H,24,26)(H,25,27)/b22-12+. The minimum absolute atomic E-state index is 0.0858. The van der Waals surface area contributed by atoms with Crippen LogP contribution in [-0.2, 0) is 26.2 Å². The smallest absolute Gasteiger partial charge is 0.329 e. The van der Waals surface area contributed by atoms with Gasteiger partial charge in [-0.15, -0.1) is 0 Å². The molecule has 9 nitrogen and oxygen atoms in total. The molecule has 0 aliphatic rings. The molecule has 0 aliphatic carbocycles. The third-order valence-electron chi connectivity index (χ3n) is 3.84. The molecule has 3 aromatic rings. The molecule has 1 heterocycles. The van der Waals surface area contributed by atoms with E-state index in [1.165, 1.54) is 36.4 Å². The highest BCUT2D eigenvalue weighted by atomic mass is 32.2. The largest absolute Gasteiger partial charge is 0.459 e. The SMILES string of the molecule is O=C(N/N=C/c1ccc(CNS(=O)(=O)c2ccccc2)o1)C(=O)Nc1ccc(F)cc1. The van der Waals surface area contributed by atoms with E-state index < -0.39 is 27.7 Å². The molecule has 3 N–H and O–H groups in total. The quantitative estimate of drug-likeness (QED) is 0.292. The number of benzene rings is 2. The van der Waals surface area contributed by atoms with Crippen molar-refractivity contribution < 1.29 is 26.8 Å². The van der Waals surface area contributed by atoms with E-state index in [9.17, 15) is 22.4 Å². The molecular formula is C20H17FN4O5S. The molecule has 11 heteroatoms. The van der Waals surface area contributed by atoms with Crippen LogP contribution in [0.2, 0.25) is 0 Å². The topological polar surface area (TPSA) is 130 Å². The van der Waals surface area contributed by atoms with Crippen molar-refractivity contribution in [3.63, 3.8) is 0 Å². The van der Waals surface area contributed by atoms with Crippen LogP contribution in [-0.4, -0.2) is 26.4 Å². The summed E-state index contributed by atoms with van der Waals surface area (Å²) >= 11 is 0. The van der Waals surface area contributed by atoms with Crippen LogP contribution in [0.25, 0.3) is 0 Å². The summed E-state index contributed by atoms with van der Waals surface area (Å²) in [6.07, 6.45) is 1.15. The van der Waals surface area contributed by atoms with Crippen LogP contribution in [0.3, 0.4) is 0 Å². The molecule has 31 heavy (non-hydrogen) atoms. The number of nitrogens with zero attached hydrogens (tertiary/aromatic N) is 1. The maximum absolute atomic E-state index is 12.8. The Morgan fingerprint density at radius 1 is 0.968 bits per heavy atom. The predicted molar refractivity (Wildman–Crippen MR) is 110 cm³/mol. The molecule has 0 unspecified atom stereocenters. The number of sulfonamides is 1. The second-order valence-corrected chi connectivity index (χ2v) is 7.87. The van der Waals surface area contributed by atoms with E-state index in [1.807, 2.05) is 5.43 Å². The number of anilines is 1. The van der Waals surface area contributed by atoms with Crippen molar-refractivity contribution in [1.82, 2.24) is 10.1 Å². The number of hydrogen-bond acceptors (Lipinski definition) is 6. The zero-order chi connectivity index (χ0) is 22.3. The van der Waals surface area contributed by atoms with Crippen molar-refractivity contribution in [2.75, 3.05) is 5.32 Å². The number of carbonyl (C=O) groups excluding carboxylic acids is 2. The Morgan fingerprint density at radius 2 is 1.68 bits per heavy atom. The lowest BCUT2D eigenvalue weighted by molar-refractivity contribution is -0.136. The lowest BCUT2D eigenvalue weighted by atomic mass is 10.3. The van der Waals surface area contributed by atoms with Gasteiger partial charge in [-0.1, -0.05) is 18.2 Å². The Hall–Kier alpha value is -3.83. The van der Waals surface area contributed by atoms with E-state index in [4.69, 9.17) is 4.42 Å². The van der Waals surface area contributed by atoms with Crippen LogP contribution < -0.4 is 15.5 Å². The molecule has 2 aromatic carbocycles. The number of hydrogen-bond donors (Lipinski definition) is 3. The van der Waals surface area contributed by atoms with Crippen molar-refractivity contribution in [2.45, 2.75) is 11.4 Å². The van der Waals surface area contributed by atoms with Crippen LogP contribution in [0.4, 0.5) is 10.1 Å². The fourth-order valence-corrected chi connectivity index (χ4v) is 3.35. The van der Waals surface area contributed by atoms with Gasteiger partial charge >= 0.3 is 11.8 Å². The first kappa shape index (κ1) is 21.9. The third-order valence-corrected chi connectivity index (χ3v) is 5.26. The molecular weight excluding hydrogens is 427 g/mol. The molecule has 0 saturated heterocycles. The molecule has 0 fully saturated rings. The number of halogens is 1. The molecule has 2 amide bonds. The second-order valence-electron chi connectivity index (χ2n) is 6.10. The average Bonchev–Trinajstić information content (AvgIpc) is 3.22. The van der Waals surface area contributed by atoms with Gasteiger partial charge in [-0.2, -0.15) is 5.10 Å². The van der Waals surface area contributed by atoms with Gasteiger partial charge in [0.25, 0.3) is 0 Å². The summed E-state index contributed by atoms with van der Waals surface area (Å²) < 4.78 is 45.0. The number of hydrazone groups is 1. The van der Waals surface area contributed by atoms with Crippen molar-refractivity contribution in [2.24, 2.45) is 5.10 Å². The Balaban J connectivity index is 1.49. The molecule has 0 radical (unpaired) electrons. The van der Waals surface area contributed by atoms with Crippen LogP contribution in [0.1, 0.15) is 11.5 Å². The van der Waals surface area contributed by atoms with E-state index in [-0.39, 0.29) is 22.9 Å². The van der Waals surface area contributed by atoms with Gasteiger partial charge in [0.05, 0.1) is 17.7 Å². The summed E-state index contributed by atoms with van der Waals surface area (Å²) in [5.74, 6) is -1.95. The highest BCUT2D eigenvalue weighted by molar-refractivity contribution is 7.89. The summed E-state index contributed by atoms with van der Waals surface area (Å²) in [5, 5.41) is 5.90. The molecule has 0 spiro atoms. The first-order valence-corrected chi connectivity index (χ1v) is 10.4. The van der Waals surface area contributed by atoms with Gasteiger partial charge in [0.1, 0.15) is 17.3 Å².